The highest BCUT2D eigenvalue weighted by Crippen LogP contribution is 2.47. The van der Waals surface area contributed by atoms with Gasteiger partial charge in [-0.3, -0.25) is 0 Å². The Kier molecular flexibility index (Phi) is 5.70. The van der Waals surface area contributed by atoms with Gasteiger partial charge in [-0.05, 0) is 74.2 Å². The van der Waals surface area contributed by atoms with Crippen LogP contribution in [-0.2, 0) is 5.41 Å². The molecule has 136 valence electrons. The lowest BCUT2D eigenvalue weighted by atomic mass is 9.98. The summed E-state index contributed by atoms with van der Waals surface area (Å²) in [7, 11) is 0. The Labute approximate surface area is 160 Å². The molecule has 4 nitrogen and oxygen atoms in total. The number of hydrogen-bond acceptors (Lipinski definition) is 4. The summed E-state index contributed by atoms with van der Waals surface area (Å²) in [6.45, 7) is 1.80. The van der Waals surface area contributed by atoms with Crippen LogP contribution in [0.2, 0.25) is 0 Å². The maximum atomic E-state index is 9.26. The second-order valence-corrected chi connectivity index (χ2v) is 6.90. The smallest absolute Gasteiger partial charge is 0.127 e. The summed E-state index contributed by atoms with van der Waals surface area (Å²) in [6.07, 6.45) is 4.34. The normalized spacial score (nSPS) is 19.9. The fraction of sp³-hybridized carbons (Fsp3) is 0.381. The third kappa shape index (κ3) is 4.12. The Morgan fingerprint density at radius 1 is 1.00 bits per heavy atom. The van der Waals surface area contributed by atoms with E-state index in [0.29, 0.717) is 12.6 Å². The van der Waals surface area contributed by atoms with Gasteiger partial charge in [0.25, 0.3) is 0 Å². The molecule has 2 aromatic carbocycles. The van der Waals surface area contributed by atoms with Gasteiger partial charge in [-0.2, -0.15) is 5.26 Å². The van der Waals surface area contributed by atoms with E-state index in [0.717, 1.165) is 42.2 Å². The Bertz CT molecular complexity index is 758. The molecule has 1 N–H and O–H groups in total. The lowest BCUT2D eigenvalue weighted by Crippen LogP contribution is -2.28. The summed E-state index contributed by atoms with van der Waals surface area (Å²) < 4.78 is 11.7. The first kappa shape index (κ1) is 18.6. The van der Waals surface area contributed by atoms with E-state index in [1.807, 2.05) is 48.5 Å². The molecule has 2 fully saturated rings. The first-order valence-electron chi connectivity index (χ1n) is 8.93. The van der Waals surface area contributed by atoms with Gasteiger partial charge in [0.2, 0.25) is 0 Å². The van der Waals surface area contributed by atoms with Crippen LogP contribution in [0.5, 0.6) is 17.2 Å². The van der Waals surface area contributed by atoms with Crippen molar-refractivity contribution in [2.24, 2.45) is 0 Å². The topological polar surface area (TPSA) is 54.3 Å². The molecular weight excluding hydrogens is 348 g/mol. The number of nitriles is 1. The summed E-state index contributed by atoms with van der Waals surface area (Å²) in [5, 5.41) is 12.7. The largest absolute Gasteiger partial charge is 0.492 e. The van der Waals surface area contributed by atoms with Crippen LogP contribution in [0.15, 0.2) is 48.5 Å². The number of nitrogens with zero attached hydrogens (tertiary/aromatic N) is 1. The van der Waals surface area contributed by atoms with Gasteiger partial charge in [-0.25, -0.2) is 0 Å². The lowest BCUT2D eigenvalue weighted by molar-refractivity contribution is 0.277. The van der Waals surface area contributed by atoms with Crippen molar-refractivity contribution in [3.8, 4) is 23.3 Å². The summed E-state index contributed by atoms with van der Waals surface area (Å²) >= 11 is 0. The Balaban J connectivity index is 0.00000196. The molecule has 0 spiro atoms. The molecule has 0 radical (unpaired) electrons. The van der Waals surface area contributed by atoms with Crippen LogP contribution in [-0.4, -0.2) is 19.2 Å². The van der Waals surface area contributed by atoms with Gasteiger partial charge < -0.3 is 14.8 Å². The Morgan fingerprint density at radius 3 is 2.15 bits per heavy atom. The lowest BCUT2D eigenvalue weighted by Gasteiger charge is -2.13. The highest BCUT2D eigenvalue weighted by Gasteiger charge is 2.44. The predicted octanol–water partition coefficient (Wildman–Crippen LogP) is 4.59. The van der Waals surface area contributed by atoms with E-state index in [9.17, 15) is 5.26 Å². The standard InChI is InChI=1S/C21H22N2O2.ClH/c22-15-21(11-12-21)16-3-5-19(6-4-16)25-20-9-7-18(8-10-20)24-14-17-2-1-13-23-17;/h3-10,17,23H,1-2,11-14H2;1H. The number of benzene rings is 2. The molecule has 0 aromatic heterocycles. The molecule has 2 aromatic rings. The zero-order valence-corrected chi connectivity index (χ0v) is 15.4. The van der Waals surface area contributed by atoms with Gasteiger partial charge in [0.1, 0.15) is 23.9 Å². The molecule has 1 heterocycles. The third-order valence-electron chi connectivity index (χ3n) is 5.04. The maximum Gasteiger partial charge on any atom is 0.127 e. The van der Waals surface area contributed by atoms with E-state index in [1.54, 1.807) is 0 Å². The molecule has 5 heteroatoms. The quantitative estimate of drug-likeness (QED) is 0.808. The highest BCUT2D eigenvalue weighted by atomic mass is 35.5. The molecule has 0 amide bonds. The van der Waals surface area contributed by atoms with E-state index in [2.05, 4.69) is 11.4 Å². The minimum atomic E-state index is -0.244. The molecule has 0 bridgehead atoms. The minimum absolute atomic E-state index is 0. The van der Waals surface area contributed by atoms with E-state index in [-0.39, 0.29) is 17.8 Å². The van der Waals surface area contributed by atoms with Gasteiger partial charge in [-0.15, -0.1) is 12.4 Å². The zero-order chi connectivity index (χ0) is 17.1. The number of ether oxygens (including phenoxy) is 2. The zero-order valence-electron chi connectivity index (χ0n) is 14.6. The molecular formula is C21H23ClN2O2. The van der Waals surface area contributed by atoms with Gasteiger partial charge in [0.15, 0.2) is 0 Å². The highest BCUT2D eigenvalue weighted by molar-refractivity contribution is 5.85. The van der Waals surface area contributed by atoms with E-state index in [4.69, 9.17) is 9.47 Å². The third-order valence-corrected chi connectivity index (χ3v) is 5.04. The van der Waals surface area contributed by atoms with Crippen LogP contribution in [0.25, 0.3) is 0 Å². The number of hydrogen-bond donors (Lipinski definition) is 1. The minimum Gasteiger partial charge on any atom is -0.492 e. The van der Waals surface area contributed by atoms with Crippen LogP contribution in [0, 0.1) is 11.3 Å². The van der Waals surface area contributed by atoms with Gasteiger partial charge >= 0.3 is 0 Å². The molecule has 26 heavy (non-hydrogen) atoms. The molecule has 1 unspecified atom stereocenters. The predicted molar refractivity (Wildman–Crippen MR) is 103 cm³/mol. The Hall–Kier alpha value is -2.22. The average Bonchev–Trinajstić information content (AvgIpc) is 3.29. The molecule has 1 aliphatic carbocycles. The molecule has 1 aliphatic heterocycles. The van der Waals surface area contributed by atoms with E-state index in [1.165, 1.54) is 12.8 Å². The van der Waals surface area contributed by atoms with Crippen LogP contribution < -0.4 is 14.8 Å². The van der Waals surface area contributed by atoms with Crippen LogP contribution in [0.3, 0.4) is 0 Å². The molecule has 1 atom stereocenters. The van der Waals surface area contributed by atoms with Crippen LogP contribution in [0.4, 0.5) is 0 Å². The van der Waals surface area contributed by atoms with Crippen LogP contribution >= 0.6 is 12.4 Å². The summed E-state index contributed by atoms with van der Waals surface area (Å²) in [5.41, 5.74) is 0.845. The average molecular weight is 371 g/mol. The van der Waals surface area contributed by atoms with Crippen molar-refractivity contribution in [3.05, 3.63) is 54.1 Å². The number of halogens is 1. The van der Waals surface area contributed by atoms with Crippen LogP contribution in [0.1, 0.15) is 31.2 Å². The van der Waals surface area contributed by atoms with Crippen molar-refractivity contribution in [2.45, 2.75) is 37.1 Å². The molecule has 4 rings (SSSR count). The SMILES string of the molecule is Cl.N#CC1(c2ccc(Oc3ccc(OCC4CCCN4)cc3)cc2)CC1. The van der Waals surface area contributed by atoms with Gasteiger partial charge in [0.05, 0.1) is 11.5 Å². The number of rotatable bonds is 6. The van der Waals surface area contributed by atoms with Gasteiger partial charge in [-0.1, -0.05) is 12.1 Å². The first-order chi connectivity index (χ1) is 12.3. The van der Waals surface area contributed by atoms with Crippen molar-refractivity contribution in [1.29, 1.82) is 5.26 Å². The summed E-state index contributed by atoms with van der Waals surface area (Å²) in [5.74, 6) is 2.42. The Morgan fingerprint density at radius 2 is 1.62 bits per heavy atom. The second-order valence-electron chi connectivity index (χ2n) is 6.90. The summed E-state index contributed by atoms with van der Waals surface area (Å²) in [6, 6.07) is 18.5. The second kappa shape index (κ2) is 7.99. The fourth-order valence-corrected chi connectivity index (χ4v) is 3.27. The fourth-order valence-electron chi connectivity index (χ4n) is 3.27. The summed E-state index contributed by atoms with van der Waals surface area (Å²) in [4.78, 5) is 0. The maximum absolute atomic E-state index is 9.26. The van der Waals surface area contributed by atoms with Crippen molar-refractivity contribution < 1.29 is 9.47 Å². The van der Waals surface area contributed by atoms with Crippen molar-refractivity contribution in [3.63, 3.8) is 0 Å². The first-order valence-corrected chi connectivity index (χ1v) is 8.93. The van der Waals surface area contributed by atoms with Crippen molar-refractivity contribution in [2.75, 3.05) is 13.2 Å². The molecule has 1 saturated heterocycles. The van der Waals surface area contributed by atoms with Crippen molar-refractivity contribution >= 4 is 12.4 Å². The molecule has 1 saturated carbocycles. The van der Waals surface area contributed by atoms with Crippen molar-refractivity contribution in [1.82, 2.24) is 5.32 Å². The van der Waals surface area contributed by atoms with E-state index >= 15 is 0 Å². The monoisotopic (exact) mass is 370 g/mol. The number of nitrogens with one attached hydrogen (secondary N) is 1. The van der Waals surface area contributed by atoms with Gasteiger partial charge in [0, 0.05) is 6.04 Å². The molecule has 2 aliphatic rings. The van der Waals surface area contributed by atoms with E-state index < -0.39 is 0 Å².